The minimum atomic E-state index is 0.636. The molecular formula is C17H22BrIN4. The normalized spacial score (nSPS) is 10.7. The van der Waals surface area contributed by atoms with Crippen molar-refractivity contribution in [2.45, 2.75) is 33.6 Å². The fourth-order valence-corrected chi connectivity index (χ4v) is 3.66. The number of hydrogen-bond acceptors (Lipinski definition) is 4. The lowest BCUT2D eigenvalue weighted by Crippen LogP contribution is -2.25. The van der Waals surface area contributed by atoms with E-state index >= 15 is 0 Å². The molecule has 2 rings (SSSR count). The minimum absolute atomic E-state index is 0.636. The average Bonchev–Trinajstić information content (AvgIpc) is 2.50. The second-order valence-electron chi connectivity index (χ2n) is 5.37. The maximum Gasteiger partial charge on any atom is 0.229 e. The maximum atomic E-state index is 4.70. The molecular weight excluding hydrogens is 467 g/mol. The van der Waals surface area contributed by atoms with Crippen LogP contribution in [0.1, 0.15) is 32.4 Å². The number of nitrogens with zero attached hydrogens (tertiary/aromatic N) is 3. The molecule has 23 heavy (non-hydrogen) atoms. The Balaban J connectivity index is 2.25. The number of anilines is 3. The van der Waals surface area contributed by atoms with Gasteiger partial charge in [0.2, 0.25) is 5.95 Å². The van der Waals surface area contributed by atoms with E-state index in [0.29, 0.717) is 5.95 Å². The molecule has 0 saturated heterocycles. The van der Waals surface area contributed by atoms with E-state index < -0.39 is 0 Å². The molecule has 0 fully saturated rings. The van der Waals surface area contributed by atoms with Gasteiger partial charge in [-0.2, -0.15) is 4.98 Å². The van der Waals surface area contributed by atoms with E-state index in [0.717, 1.165) is 34.8 Å². The van der Waals surface area contributed by atoms with Crippen LogP contribution in [0.4, 0.5) is 17.5 Å². The Morgan fingerprint density at radius 3 is 2.65 bits per heavy atom. The summed E-state index contributed by atoms with van der Waals surface area (Å²) >= 11 is 5.88. The minimum Gasteiger partial charge on any atom is -0.357 e. The number of halogens is 2. The lowest BCUT2D eigenvalue weighted by molar-refractivity contribution is 0.723. The van der Waals surface area contributed by atoms with Crippen LogP contribution >= 0.6 is 38.5 Å². The van der Waals surface area contributed by atoms with Gasteiger partial charge in [0.1, 0.15) is 5.82 Å². The van der Waals surface area contributed by atoms with Crippen LogP contribution in [0.3, 0.4) is 0 Å². The van der Waals surface area contributed by atoms with E-state index in [1.54, 1.807) is 0 Å². The smallest absolute Gasteiger partial charge is 0.229 e. The summed E-state index contributed by atoms with van der Waals surface area (Å²) in [5.74, 6) is 1.62. The van der Waals surface area contributed by atoms with E-state index in [4.69, 9.17) is 4.98 Å². The summed E-state index contributed by atoms with van der Waals surface area (Å²) in [5.41, 5.74) is 1.94. The molecule has 0 bridgehead atoms. The molecule has 1 N–H and O–H groups in total. The van der Waals surface area contributed by atoms with Crippen molar-refractivity contribution in [2.75, 3.05) is 23.3 Å². The molecule has 0 atom stereocenters. The van der Waals surface area contributed by atoms with Crippen molar-refractivity contribution in [3.63, 3.8) is 0 Å². The van der Waals surface area contributed by atoms with Gasteiger partial charge in [0.05, 0.1) is 5.69 Å². The lowest BCUT2D eigenvalue weighted by Gasteiger charge is -2.22. The van der Waals surface area contributed by atoms with Gasteiger partial charge >= 0.3 is 0 Å². The molecule has 0 saturated carbocycles. The Hall–Kier alpha value is -0.890. The summed E-state index contributed by atoms with van der Waals surface area (Å²) in [7, 11) is 0. The third kappa shape index (κ3) is 5.31. The molecule has 0 aliphatic rings. The van der Waals surface area contributed by atoms with Crippen molar-refractivity contribution in [1.29, 1.82) is 0 Å². The third-order valence-electron chi connectivity index (χ3n) is 3.51. The van der Waals surface area contributed by atoms with Crippen LogP contribution in [0, 0.1) is 10.5 Å². The highest BCUT2D eigenvalue weighted by molar-refractivity contribution is 14.1. The van der Waals surface area contributed by atoms with Crippen molar-refractivity contribution in [3.05, 3.63) is 38.0 Å². The van der Waals surface area contributed by atoms with Gasteiger partial charge in [0.25, 0.3) is 0 Å². The topological polar surface area (TPSA) is 41.1 Å². The number of hydrogen-bond donors (Lipinski definition) is 1. The molecule has 0 radical (unpaired) electrons. The summed E-state index contributed by atoms with van der Waals surface area (Å²) < 4.78 is 2.19. The van der Waals surface area contributed by atoms with Gasteiger partial charge in [0, 0.05) is 32.9 Å². The van der Waals surface area contributed by atoms with Crippen molar-refractivity contribution in [1.82, 2.24) is 9.97 Å². The van der Waals surface area contributed by atoms with Gasteiger partial charge in [-0.25, -0.2) is 4.98 Å². The Morgan fingerprint density at radius 2 is 2.00 bits per heavy atom. The molecule has 1 aromatic carbocycles. The number of nitrogens with one attached hydrogen (secondary N) is 1. The van der Waals surface area contributed by atoms with Gasteiger partial charge in [-0.15, -0.1) is 0 Å². The molecule has 124 valence electrons. The molecule has 4 nitrogen and oxygen atoms in total. The standard InChI is InChI=1S/C17H22BrIN4/c1-4-6-9-23(5-2)16-10-12(3)20-17(22-16)21-15-8-7-13(19)11-14(15)18/h7-8,10-11H,4-6,9H2,1-3H3,(H,20,21,22). The van der Waals surface area contributed by atoms with Crippen LogP contribution in [0.15, 0.2) is 28.7 Å². The van der Waals surface area contributed by atoms with Crippen LogP contribution < -0.4 is 10.2 Å². The fraction of sp³-hybridized carbons (Fsp3) is 0.412. The number of aromatic nitrogens is 2. The average molecular weight is 489 g/mol. The number of unbranched alkanes of at least 4 members (excludes halogenated alkanes) is 1. The molecule has 1 aromatic heterocycles. The molecule has 0 amide bonds. The zero-order valence-corrected chi connectivity index (χ0v) is 17.5. The fourth-order valence-electron chi connectivity index (χ4n) is 2.26. The van der Waals surface area contributed by atoms with E-state index in [1.165, 1.54) is 16.4 Å². The van der Waals surface area contributed by atoms with Crippen molar-refractivity contribution in [2.24, 2.45) is 0 Å². The monoisotopic (exact) mass is 488 g/mol. The van der Waals surface area contributed by atoms with Crippen LogP contribution in [0.2, 0.25) is 0 Å². The van der Waals surface area contributed by atoms with E-state index in [1.807, 2.05) is 19.1 Å². The van der Waals surface area contributed by atoms with Crippen molar-refractivity contribution >= 4 is 56.0 Å². The summed E-state index contributed by atoms with van der Waals surface area (Å²) in [6, 6.07) is 8.21. The second-order valence-corrected chi connectivity index (χ2v) is 7.47. The first-order chi connectivity index (χ1) is 11.0. The molecule has 0 aliphatic carbocycles. The molecule has 6 heteroatoms. The molecule has 2 aromatic rings. The lowest BCUT2D eigenvalue weighted by atomic mass is 10.3. The summed E-state index contributed by atoms with van der Waals surface area (Å²) in [6.07, 6.45) is 2.35. The van der Waals surface area contributed by atoms with Crippen LogP contribution in [-0.2, 0) is 0 Å². The maximum absolute atomic E-state index is 4.70. The zero-order valence-electron chi connectivity index (χ0n) is 13.7. The highest BCUT2D eigenvalue weighted by Crippen LogP contribution is 2.27. The van der Waals surface area contributed by atoms with Crippen LogP contribution in [0.5, 0.6) is 0 Å². The van der Waals surface area contributed by atoms with Crippen LogP contribution in [-0.4, -0.2) is 23.1 Å². The van der Waals surface area contributed by atoms with Gasteiger partial charge < -0.3 is 10.2 Å². The zero-order chi connectivity index (χ0) is 16.8. The highest BCUT2D eigenvalue weighted by atomic mass is 127. The third-order valence-corrected chi connectivity index (χ3v) is 4.83. The van der Waals surface area contributed by atoms with Gasteiger partial charge in [-0.3, -0.25) is 0 Å². The first-order valence-corrected chi connectivity index (χ1v) is 9.73. The Morgan fingerprint density at radius 1 is 1.22 bits per heavy atom. The summed E-state index contributed by atoms with van der Waals surface area (Å²) in [5, 5.41) is 3.32. The molecule has 1 heterocycles. The predicted molar refractivity (Wildman–Crippen MR) is 110 cm³/mol. The Bertz CT molecular complexity index is 663. The molecule has 0 unspecified atom stereocenters. The first-order valence-electron chi connectivity index (χ1n) is 7.86. The Labute approximate surface area is 160 Å². The highest BCUT2D eigenvalue weighted by Gasteiger charge is 2.10. The Kier molecular flexibility index (Phi) is 7.08. The molecule has 0 spiro atoms. The van der Waals surface area contributed by atoms with E-state index in [-0.39, 0.29) is 0 Å². The van der Waals surface area contributed by atoms with Crippen molar-refractivity contribution in [3.8, 4) is 0 Å². The summed E-state index contributed by atoms with van der Waals surface area (Å²) in [6.45, 7) is 8.35. The first kappa shape index (κ1) is 18.4. The number of benzene rings is 1. The predicted octanol–water partition coefficient (Wildman–Crippen LogP) is 5.52. The number of aryl methyl sites for hydroxylation is 1. The molecule has 0 aliphatic heterocycles. The number of rotatable bonds is 7. The van der Waals surface area contributed by atoms with Crippen LogP contribution in [0.25, 0.3) is 0 Å². The SMILES string of the molecule is CCCCN(CC)c1cc(C)nc(Nc2ccc(I)cc2Br)n1. The van der Waals surface area contributed by atoms with E-state index in [9.17, 15) is 0 Å². The van der Waals surface area contributed by atoms with Crippen molar-refractivity contribution < 1.29 is 0 Å². The van der Waals surface area contributed by atoms with Gasteiger partial charge in [0.15, 0.2) is 0 Å². The largest absolute Gasteiger partial charge is 0.357 e. The van der Waals surface area contributed by atoms with Gasteiger partial charge in [-0.1, -0.05) is 13.3 Å². The summed E-state index contributed by atoms with van der Waals surface area (Å²) in [4.78, 5) is 11.5. The van der Waals surface area contributed by atoms with E-state index in [2.05, 4.69) is 79.7 Å². The second kappa shape index (κ2) is 8.82. The van der Waals surface area contributed by atoms with Gasteiger partial charge in [-0.05, 0) is 77.0 Å². The quantitative estimate of drug-likeness (QED) is 0.521.